The molecule has 23 heavy (non-hydrogen) atoms. The van der Waals surface area contributed by atoms with E-state index in [1.54, 1.807) is 6.07 Å². The van der Waals surface area contributed by atoms with Crippen molar-refractivity contribution in [2.75, 3.05) is 13.1 Å². The third kappa shape index (κ3) is 5.54. The molecule has 4 nitrogen and oxygen atoms in total. The van der Waals surface area contributed by atoms with E-state index in [2.05, 4.69) is 10.6 Å². The Labute approximate surface area is 134 Å². The predicted molar refractivity (Wildman–Crippen MR) is 86.5 cm³/mol. The van der Waals surface area contributed by atoms with E-state index < -0.39 is 11.7 Å². The van der Waals surface area contributed by atoms with E-state index in [0.717, 1.165) is 12.8 Å². The van der Waals surface area contributed by atoms with Crippen molar-refractivity contribution in [2.24, 2.45) is 0 Å². The van der Waals surface area contributed by atoms with E-state index in [0.29, 0.717) is 6.54 Å². The van der Waals surface area contributed by atoms with Crippen LogP contribution in [0, 0.1) is 5.82 Å². The Balaban J connectivity index is 1.65. The number of carbonyl (C=O) groups excluding carboxylic acids is 2. The van der Waals surface area contributed by atoms with Gasteiger partial charge < -0.3 is 10.6 Å². The van der Waals surface area contributed by atoms with Crippen LogP contribution in [0.3, 0.4) is 0 Å². The Morgan fingerprint density at radius 1 is 0.913 bits per heavy atom. The Bertz CT molecular complexity index is 659. The van der Waals surface area contributed by atoms with Gasteiger partial charge in [0.1, 0.15) is 5.82 Å². The highest BCUT2D eigenvalue weighted by Gasteiger charge is 2.11. The van der Waals surface area contributed by atoms with Crippen molar-refractivity contribution in [1.82, 2.24) is 10.6 Å². The van der Waals surface area contributed by atoms with Crippen molar-refractivity contribution in [2.45, 2.75) is 12.8 Å². The van der Waals surface area contributed by atoms with Gasteiger partial charge in [0.25, 0.3) is 5.91 Å². The number of carbonyl (C=O) groups is 2. The summed E-state index contributed by atoms with van der Waals surface area (Å²) in [5.74, 6) is -1.49. The first kappa shape index (κ1) is 16.7. The summed E-state index contributed by atoms with van der Waals surface area (Å²) in [6, 6.07) is 15.7. The lowest BCUT2D eigenvalue weighted by Gasteiger charge is -2.07. The maximum absolute atomic E-state index is 13.4. The van der Waals surface area contributed by atoms with Crippen LogP contribution >= 0.6 is 0 Å². The van der Waals surface area contributed by atoms with E-state index in [-0.39, 0.29) is 18.0 Å². The van der Waals surface area contributed by atoms with Gasteiger partial charge in [-0.15, -0.1) is 0 Å². The number of hydrogen-bond acceptors (Lipinski definition) is 2. The van der Waals surface area contributed by atoms with Gasteiger partial charge in [-0.1, -0.05) is 42.5 Å². The van der Waals surface area contributed by atoms with Crippen LogP contribution in [0.4, 0.5) is 4.39 Å². The van der Waals surface area contributed by atoms with Crippen LogP contribution in [-0.4, -0.2) is 24.9 Å². The van der Waals surface area contributed by atoms with Crippen LogP contribution < -0.4 is 10.6 Å². The average molecular weight is 314 g/mol. The normalized spacial score (nSPS) is 10.1. The summed E-state index contributed by atoms with van der Waals surface area (Å²) in [6.45, 7) is 0.363. The maximum Gasteiger partial charge on any atom is 0.254 e. The summed E-state index contributed by atoms with van der Waals surface area (Å²) in [5, 5.41) is 5.13. The Kier molecular flexibility index (Phi) is 6.29. The minimum Gasteiger partial charge on any atom is -0.355 e. The van der Waals surface area contributed by atoms with E-state index in [1.165, 1.54) is 23.8 Å². The lowest BCUT2D eigenvalue weighted by Crippen LogP contribution is -2.37. The van der Waals surface area contributed by atoms with E-state index >= 15 is 0 Å². The molecule has 0 atom stereocenters. The minimum absolute atomic E-state index is 0.0654. The van der Waals surface area contributed by atoms with Crippen molar-refractivity contribution in [1.29, 1.82) is 0 Å². The van der Waals surface area contributed by atoms with Crippen molar-refractivity contribution >= 4 is 11.8 Å². The average Bonchev–Trinajstić information content (AvgIpc) is 2.58. The van der Waals surface area contributed by atoms with E-state index in [4.69, 9.17) is 0 Å². The smallest absolute Gasteiger partial charge is 0.254 e. The molecule has 2 aromatic rings. The zero-order valence-electron chi connectivity index (χ0n) is 12.7. The van der Waals surface area contributed by atoms with Gasteiger partial charge in [-0.3, -0.25) is 9.59 Å². The van der Waals surface area contributed by atoms with Crippen LogP contribution in [0.25, 0.3) is 0 Å². The highest BCUT2D eigenvalue weighted by molar-refractivity contribution is 5.96. The largest absolute Gasteiger partial charge is 0.355 e. The lowest BCUT2D eigenvalue weighted by atomic mass is 10.1. The number of hydrogen-bond donors (Lipinski definition) is 2. The van der Waals surface area contributed by atoms with Gasteiger partial charge in [0.05, 0.1) is 12.1 Å². The van der Waals surface area contributed by atoms with Crippen LogP contribution in [0.1, 0.15) is 22.3 Å². The van der Waals surface area contributed by atoms with Gasteiger partial charge in [0.2, 0.25) is 5.91 Å². The number of halogens is 1. The molecule has 0 fully saturated rings. The molecule has 0 aliphatic rings. The fourth-order valence-corrected chi connectivity index (χ4v) is 2.13. The lowest BCUT2D eigenvalue weighted by molar-refractivity contribution is -0.120. The fourth-order valence-electron chi connectivity index (χ4n) is 2.13. The molecule has 2 aromatic carbocycles. The molecule has 120 valence electrons. The quantitative estimate of drug-likeness (QED) is 0.771. The monoisotopic (exact) mass is 314 g/mol. The van der Waals surface area contributed by atoms with Gasteiger partial charge >= 0.3 is 0 Å². The highest BCUT2D eigenvalue weighted by atomic mass is 19.1. The number of rotatable bonds is 7. The summed E-state index contributed by atoms with van der Waals surface area (Å²) in [7, 11) is 0. The molecule has 0 saturated heterocycles. The van der Waals surface area contributed by atoms with Gasteiger partial charge in [0, 0.05) is 6.54 Å². The van der Waals surface area contributed by atoms with Crippen molar-refractivity contribution in [3.63, 3.8) is 0 Å². The van der Waals surface area contributed by atoms with Gasteiger partial charge in [-0.25, -0.2) is 4.39 Å². The maximum atomic E-state index is 13.4. The minimum atomic E-state index is -0.603. The molecule has 0 saturated carbocycles. The molecule has 0 aliphatic carbocycles. The van der Waals surface area contributed by atoms with Gasteiger partial charge in [0.15, 0.2) is 0 Å². The molecular weight excluding hydrogens is 295 g/mol. The first-order chi connectivity index (χ1) is 11.2. The summed E-state index contributed by atoms with van der Waals surface area (Å²) in [5.41, 5.74) is 1.15. The van der Waals surface area contributed by atoms with Crippen LogP contribution in [0.2, 0.25) is 0 Å². The third-order valence-electron chi connectivity index (χ3n) is 3.34. The molecular formula is C18H19FN2O2. The SMILES string of the molecule is O=C(CNC(=O)c1ccccc1F)NCCCc1ccccc1. The predicted octanol–water partition coefficient (Wildman–Crippen LogP) is 2.30. The summed E-state index contributed by atoms with van der Waals surface area (Å²) < 4.78 is 13.4. The molecule has 0 spiro atoms. The number of amides is 2. The Hall–Kier alpha value is -2.69. The molecule has 0 heterocycles. The standard InChI is InChI=1S/C18H19FN2O2/c19-16-11-5-4-10-15(16)18(23)21-13-17(22)20-12-6-9-14-7-2-1-3-8-14/h1-5,7-8,10-11H,6,9,12-13H2,(H,20,22)(H,21,23). The highest BCUT2D eigenvalue weighted by Crippen LogP contribution is 2.05. The van der Waals surface area contributed by atoms with Crippen LogP contribution in [-0.2, 0) is 11.2 Å². The second-order valence-corrected chi connectivity index (χ2v) is 5.10. The van der Waals surface area contributed by atoms with Gasteiger partial charge in [-0.2, -0.15) is 0 Å². The van der Waals surface area contributed by atoms with Crippen LogP contribution in [0.15, 0.2) is 54.6 Å². The first-order valence-electron chi connectivity index (χ1n) is 7.50. The Morgan fingerprint density at radius 2 is 1.61 bits per heavy atom. The third-order valence-corrected chi connectivity index (χ3v) is 3.34. The molecule has 2 N–H and O–H groups in total. The molecule has 2 rings (SSSR count). The zero-order valence-corrected chi connectivity index (χ0v) is 12.7. The summed E-state index contributed by atoms with van der Waals surface area (Å²) in [6.07, 6.45) is 1.69. The van der Waals surface area contributed by atoms with Crippen molar-refractivity contribution in [3.05, 3.63) is 71.5 Å². The van der Waals surface area contributed by atoms with Crippen LogP contribution in [0.5, 0.6) is 0 Å². The number of benzene rings is 2. The summed E-state index contributed by atoms with van der Waals surface area (Å²) in [4.78, 5) is 23.4. The second kappa shape index (κ2) is 8.68. The molecule has 2 amide bonds. The second-order valence-electron chi connectivity index (χ2n) is 5.10. The number of aryl methyl sites for hydroxylation is 1. The first-order valence-corrected chi connectivity index (χ1v) is 7.50. The zero-order chi connectivity index (χ0) is 16.5. The van der Waals surface area contributed by atoms with E-state index in [9.17, 15) is 14.0 Å². The van der Waals surface area contributed by atoms with Crippen molar-refractivity contribution in [3.8, 4) is 0 Å². The number of nitrogens with one attached hydrogen (secondary N) is 2. The van der Waals surface area contributed by atoms with E-state index in [1.807, 2.05) is 30.3 Å². The molecule has 5 heteroatoms. The summed E-state index contributed by atoms with van der Waals surface area (Å²) >= 11 is 0. The molecule has 0 bridgehead atoms. The molecule has 0 unspecified atom stereocenters. The fraction of sp³-hybridized carbons (Fsp3) is 0.222. The van der Waals surface area contributed by atoms with Crippen molar-refractivity contribution < 1.29 is 14.0 Å². The molecule has 0 aromatic heterocycles. The topological polar surface area (TPSA) is 58.2 Å². The molecule has 0 radical (unpaired) electrons. The van der Waals surface area contributed by atoms with Gasteiger partial charge in [-0.05, 0) is 30.5 Å². The Morgan fingerprint density at radius 3 is 2.35 bits per heavy atom. The molecule has 0 aliphatic heterocycles.